The van der Waals surface area contributed by atoms with Crippen LogP contribution in [0.4, 0.5) is 4.39 Å². The molecule has 0 aliphatic heterocycles. The normalized spacial score (nSPS) is 10.6. The molecule has 0 spiro atoms. The van der Waals surface area contributed by atoms with Crippen molar-refractivity contribution in [2.75, 3.05) is 7.11 Å². The summed E-state index contributed by atoms with van der Waals surface area (Å²) in [5.74, 6) is -0.0411. The monoisotopic (exact) mass is 249 g/mol. The lowest BCUT2D eigenvalue weighted by atomic mass is 10.2. The van der Waals surface area contributed by atoms with Crippen molar-refractivity contribution in [3.8, 4) is 5.75 Å². The Bertz CT molecular complexity index is 525. The summed E-state index contributed by atoms with van der Waals surface area (Å²) in [6, 6.07) is 7.05. The molecule has 96 valence electrons. The SMILES string of the molecule is COc1cccc(CNCc2ccn(C)n2)c1F. The van der Waals surface area contributed by atoms with Crippen molar-refractivity contribution in [3.05, 3.63) is 47.5 Å². The highest BCUT2D eigenvalue weighted by Gasteiger charge is 2.07. The van der Waals surface area contributed by atoms with Gasteiger partial charge in [0.05, 0.1) is 12.8 Å². The van der Waals surface area contributed by atoms with Gasteiger partial charge in [-0.15, -0.1) is 0 Å². The standard InChI is InChI=1S/C13H16FN3O/c1-17-7-6-11(16-17)9-15-8-10-4-3-5-12(18-2)13(10)14/h3-7,15H,8-9H2,1-2H3. The Balaban J connectivity index is 1.94. The fourth-order valence-corrected chi connectivity index (χ4v) is 1.73. The molecular weight excluding hydrogens is 233 g/mol. The van der Waals surface area contributed by atoms with E-state index in [-0.39, 0.29) is 11.6 Å². The van der Waals surface area contributed by atoms with Gasteiger partial charge in [-0.3, -0.25) is 4.68 Å². The minimum absolute atomic E-state index is 0.270. The van der Waals surface area contributed by atoms with Crippen LogP contribution in [0.15, 0.2) is 30.5 Å². The molecule has 0 saturated heterocycles. The van der Waals surface area contributed by atoms with Crippen LogP contribution >= 0.6 is 0 Å². The van der Waals surface area contributed by atoms with Gasteiger partial charge in [0, 0.05) is 31.9 Å². The molecule has 1 heterocycles. The van der Waals surface area contributed by atoms with Crippen molar-refractivity contribution < 1.29 is 9.13 Å². The number of methoxy groups -OCH3 is 1. The first-order chi connectivity index (χ1) is 8.70. The number of benzene rings is 1. The van der Waals surface area contributed by atoms with Crippen LogP contribution in [0, 0.1) is 5.82 Å². The molecule has 1 N–H and O–H groups in total. The van der Waals surface area contributed by atoms with E-state index in [1.54, 1.807) is 22.9 Å². The lowest BCUT2D eigenvalue weighted by molar-refractivity contribution is 0.383. The van der Waals surface area contributed by atoms with Gasteiger partial charge in [-0.2, -0.15) is 5.10 Å². The highest BCUT2D eigenvalue weighted by Crippen LogP contribution is 2.19. The zero-order valence-electron chi connectivity index (χ0n) is 10.5. The van der Waals surface area contributed by atoms with Crippen LogP contribution in [0.5, 0.6) is 5.75 Å². The summed E-state index contributed by atoms with van der Waals surface area (Å²) < 4.78 is 20.5. The molecule has 4 nitrogen and oxygen atoms in total. The Hall–Kier alpha value is -1.88. The zero-order valence-corrected chi connectivity index (χ0v) is 10.5. The van der Waals surface area contributed by atoms with E-state index in [0.29, 0.717) is 18.7 Å². The second-order valence-electron chi connectivity index (χ2n) is 4.02. The zero-order chi connectivity index (χ0) is 13.0. The quantitative estimate of drug-likeness (QED) is 0.879. The molecule has 1 aromatic heterocycles. The molecular formula is C13H16FN3O. The van der Waals surface area contributed by atoms with E-state index in [1.807, 2.05) is 19.3 Å². The van der Waals surface area contributed by atoms with Crippen molar-refractivity contribution in [1.29, 1.82) is 0 Å². The first-order valence-electron chi connectivity index (χ1n) is 5.71. The maximum atomic E-state index is 13.8. The summed E-state index contributed by atoms with van der Waals surface area (Å²) in [5, 5.41) is 7.39. The summed E-state index contributed by atoms with van der Waals surface area (Å²) in [7, 11) is 3.33. The number of rotatable bonds is 5. The minimum Gasteiger partial charge on any atom is -0.494 e. The van der Waals surface area contributed by atoms with Crippen molar-refractivity contribution >= 4 is 0 Å². The van der Waals surface area contributed by atoms with E-state index >= 15 is 0 Å². The Labute approximate surface area is 105 Å². The molecule has 0 bridgehead atoms. The maximum Gasteiger partial charge on any atom is 0.169 e. The van der Waals surface area contributed by atoms with E-state index in [4.69, 9.17) is 4.74 Å². The number of ether oxygens (including phenoxy) is 1. The molecule has 0 aliphatic rings. The predicted molar refractivity (Wildman–Crippen MR) is 66.7 cm³/mol. The molecule has 0 saturated carbocycles. The third kappa shape index (κ3) is 2.87. The molecule has 0 amide bonds. The van der Waals surface area contributed by atoms with Crippen molar-refractivity contribution in [2.24, 2.45) is 7.05 Å². The average Bonchev–Trinajstić information content (AvgIpc) is 2.77. The number of nitrogens with zero attached hydrogens (tertiary/aromatic N) is 2. The number of halogens is 1. The molecule has 18 heavy (non-hydrogen) atoms. The fraction of sp³-hybridized carbons (Fsp3) is 0.308. The van der Waals surface area contributed by atoms with E-state index in [0.717, 1.165) is 5.69 Å². The summed E-state index contributed by atoms with van der Waals surface area (Å²) in [4.78, 5) is 0. The summed E-state index contributed by atoms with van der Waals surface area (Å²) in [6.07, 6.45) is 1.88. The topological polar surface area (TPSA) is 39.1 Å². The molecule has 0 radical (unpaired) electrons. The van der Waals surface area contributed by atoms with Crippen molar-refractivity contribution in [2.45, 2.75) is 13.1 Å². The molecule has 0 aliphatic carbocycles. The Kier molecular flexibility index (Phi) is 3.94. The van der Waals surface area contributed by atoms with Crippen LogP contribution in [0.2, 0.25) is 0 Å². The Morgan fingerprint density at radius 3 is 2.83 bits per heavy atom. The number of hydrogen-bond donors (Lipinski definition) is 1. The van der Waals surface area contributed by atoms with Gasteiger partial charge >= 0.3 is 0 Å². The Morgan fingerprint density at radius 1 is 1.33 bits per heavy atom. The maximum absolute atomic E-state index is 13.8. The molecule has 0 fully saturated rings. The average molecular weight is 249 g/mol. The summed E-state index contributed by atoms with van der Waals surface area (Å²) >= 11 is 0. The molecule has 0 unspecified atom stereocenters. The number of nitrogens with one attached hydrogen (secondary N) is 1. The van der Waals surface area contributed by atoms with Gasteiger partial charge < -0.3 is 10.1 Å². The van der Waals surface area contributed by atoms with Gasteiger partial charge in [0.15, 0.2) is 11.6 Å². The minimum atomic E-state index is -0.312. The Morgan fingerprint density at radius 2 is 2.17 bits per heavy atom. The summed E-state index contributed by atoms with van der Waals surface area (Å²) in [5.41, 5.74) is 1.52. The second-order valence-corrected chi connectivity index (χ2v) is 4.02. The smallest absolute Gasteiger partial charge is 0.169 e. The van der Waals surface area contributed by atoms with Crippen molar-refractivity contribution in [1.82, 2.24) is 15.1 Å². The lowest BCUT2D eigenvalue weighted by Gasteiger charge is -2.07. The lowest BCUT2D eigenvalue weighted by Crippen LogP contribution is -2.14. The molecule has 0 atom stereocenters. The number of aryl methyl sites for hydroxylation is 1. The first kappa shape index (κ1) is 12.6. The first-order valence-corrected chi connectivity index (χ1v) is 5.71. The van der Waals surface area contributed by atoms with E-state index < -0.39 is 0 Å². The van der Waals surface area contributed by atoms with Crippen LogP contribution < -0.4 is 10.1 Å². The van der Waals surface area contributed by atoms with Gasteiger partial charge in [0.1, 0.15) is 0 Å². The van der Waals surface area contributed by atoms with Gasteiger partial charge in [0.2, 0.25) is 0 Å². The van der Waals surface area contributed by atoms with Crippen LogP contribution in [-0.4, -0.2) is 16.9 Å². The number of hydrogen-bond acceptors (Lipinski definition) is 3. The highest BCUT2D eigenvalue weighted by atomic mass is 19.1. The van der Waals surface area contributed by atoms with Gasteiger partial charge in [-0.25, -0.2) is 4.39 Å². The van der Waals surface area contributed by atoms with E-state index in [2.05, 4.69) is 10.4 Å². The van der Waals surface area contributed by atoms with Gasteiger partial charge in [0.25, 0.3) is 0 Å². The van der Waals surface area contributed by atoms with Gasteiger partial charge in [-0.05, 0) is 12.1 Å². The van der Waals surface area contributed by atoms with E-state index in [9.17, 15) is 4.39 Å². The van der Waals surface area contributed by atoms with Crippen LogP contribution in [-0.2, 0) is 20.1 Å². The third-order valence-electron chi connectivity index (χ3n) is 2.65. The highest BCUT2D eigenvalue weighted by molar-refractivity contribution is 5.30. The number of aromatic nitrogens is 2. The fourth-order valence-electron chi connectivity index (χ4n) is 1.73. The van der Waals surface area contributed by atoms with Crippen LogP contribution in [0.3, 0.4) is 0 Å². The van der Waals surface area contributed by atoms with E-state index in [1.165, 1.54) is 7.11 Å². The predicted octanol–water partition coefficient (Wildman–Crippen LogP) is 1.86. The third-order valence-corrected chi connectivity index (χ3v) is 2.65. The summed E-state index contributed by atoms with van der Waals surface area (Å²) in [6.45, 7) is 1.05. The van der Waals surface area contributed by atoms with Crippen LogP contribution in [0.25, 0.3) is 0 Å². The molecule has 1 aromatic carbocycles. The van der Waals surface area contributed by atoms with Crippen molar-refractivity contribution in [3.63, 3.8) is 0 Å². The molecule has 2 aromatic rings. The van der Waals surface area contributed by atoms with Gasteiger partial charge in [-0.1, -0.05) is 12.1 Å². The second kappa shape index (κ2) is 5.64. The molecule has 2 rings (SSSR count). The van der Waals surface area contributed by atoms with Crippen LogP contribution in [0.1, 0.15) is 11.3 Å². The molecule has 5 heteroatoms. The largest absolute Gasteiger partial charge is 0.494 e.